The molecule has 0 amide bonds. The number of ether oxygens (including phenoxy) is 2. The molecule has 7 heteroatoms. The molecule has 3 aromatic carbocycles. The van der Waals surface area contributed by atoms with Crippen LogP contribution in [0, 0.1) is 6.92 Å². The van der Waals surface area contributed by atoms with Crippen LogP contribution in [0.25, 0.3) is 5.69 Å². The second-order valence-electron chi connectivity index (χ2n) is 8.00. The number of Topliss-reactive ketones (excluding diaryl/α,β-unsaturated/α-hetero) is 1. The zero-order valence-corrected chi connectivity index (χ0v) is 19.0. The summed E-state index contributed by atoms with van der Waals surface area (Å²) in [5.41, 5.74) is 1.70. The molecule has 0 fully saturated rings. The maximum absolute atomic E-state index is 12.9. The van der Waals surface area contributed by atoms with Crippen LogP contribution in [0.3, 0.4) is 0 Å². The van der Waals surface area contributed by atoms with Gasteiger partial charge in [-0.15, -0.1) is 0 Å². The molecule has 174 valence electrons. The Hall–Kier alpha value is -4.10. The van der Waals surface area contributed by atoms with Crippen molar-refractivity contribution >= 4 is 5.78 Å². The highest BCUT2D eigenvalue weighted by Gasteiger charge is 2.14. The van der Waals surface area contributed by atoms with Gasteiger partial charge in [0.15, 0.2) is 5.78 Å². The third-order valence-corrected chi connectivity index (χ3v) is 5.32. The Kier molecular flexibility index (Phi) is 6.94. The van der Waals surface area contributed by atoms with Gasteiger partial charge in [-0.1, -0.05) is 18.2 Å². The van der Waals surface area contributed by atoms with Gasteiger partial charge in [-0.25, -0.2) is 4.79 Å². The summed E-state index contributed by atoms with van der Waals surface area (Å²) in [4.78, 5) is 24.4. The summed E-state index contributed by atoms with van der Waals surface area (Å²) in [6, 6.07) is 23.5. The summed E-state index contributed by atoms with van der Waals surface area (Å²) in [7, 11) is 0. The minimum absolute atomic E-state index is 0.0306. The molecule has 34 heavy (non-hydrogen) atoms. The van der Waals surface area contributed by atoms with Gasteiger partial charge >= 0.3 is 5.69 Å². The summed E-state index contributed by atoms with van der Waals surface area (Å²) in [5.74, 6) is 1.98. The van der Waals surface area contributed by atoms with Crippen LogP contribution in [0.1, 0.15) is 23.0 Å². The molecule has 1 unspecified atom stereocenters. The van der Waals surface area contributed by atoms with Crippen molar-refractivity contribution in [1.82, 2.24) is 9.13 Å². The highest BCUT2D eigenvalue weighted by atomic mass is 16.5. The summed E-state index contributed by atoms with van der Waals surface area (Å²) >= 11 is 0. The first-order valence-corrected chi connectivity index (χ1v) is 10.9. The molecule has 0 spiro atoms. The van der Waals surface area contributed by atoms with E-state index in [0.717, 1.165) is 11.4 Å². The molecule has 1 aromatic heterocycles. The quantitative estimate of drug-likeness (QED) is 0.377. The van der Waals surface area contributed by atoms with Crippen molar-refractivity contribution in [3.8, 4) is 22.9 Å². The molecule has 1 N–H and O–H groups in total. The largest absolute Gasteiger partial charge is 0.491 e. The Balaban J connectivity index is 1.36. The Morgan fingerprint density at radius 3 is 2.18 bits per heavy atom. The smallest absolute Gasteiger partial charge is 0.333 e. The SMILES string of the molecule is CC(=O)c1ccc(-n2c(C)cn(CC(O)COc3ccc(Oc4ccccc4)cc3)c2=O)cc1. The molecule has 0 aliphatic heterocycles. The Morgan fingerprint density at radius 2 is 1.53 bits per heavy atom. The van der Waals surface area contributed by atoms with E-state index in [2.05, 4.69) is 0 Å². The molecule has 4 rings (SSSR count). The summed E-state index contributed by atoms with van der Waals surface area (Å²) in [5, 5.41) is 10.4. The Morgan fingerprint density at radius 1 is 0.912 bits per heavy atom. The van der Waals surface area contributed by atoms with Gasteiger partial charge in [0.2, 0.25) is 0 Å². The zero-order chi connectivity index (χ0) is 24.1. The van der Waals surface area contributed by atoms with Crippen LogP contribution >= 0.6 is 0 Å². The maximum Gasteiger partial charge on any atom is 0.333 e. The number of aliphatic hydroxyl groups is 1. The van der Waals surface area contributed by atoms with E-state index in [1.54, 1.807) is 59.3 Å². The van der Waals surface area contributed by atoms with Crippen molar-refractivity contribution in [3.05, 3.63) is 107 Å². The average molecular weight is 459 g/mol. The first-order chi connectivity index (χ1) is 16.4. The van der Waals surface area contributed by atoms with Gasteiger partial charge in [-0.2, -0.15) is 0 Å². The number of benzene rings is 3. The molecule has 0 aliphatic carbocycles. The predicted octanol–water partition coefficient (Wildman–Crippen LogP) is 4.38. The number of rotatable bonds is 9. The van der Waals surface area contributed by atoms with E-state index in [4.69, 9.17) is 9.47 Å². The van der Waals surface area contributed by atoms with Gasteiger partial charge in [0.25, 0.3) is 0 Å². The third-order valence-electron chi connectivity index (χ3n) is 5.32. The van der Waals surface area contributed by atoms with Crippen LogP contribution in [-0.4, -0.2) is 32.7 Å². The number of carbonyl (C=O) groups excluding carboxylic acids is 1. The molecule has 0 saturated heterocycles. The second kappa shape index (κ2) is 10.2. The van der Waals surface area contributed by atoms with E-state index >= 15 is 0 Å². The second-order valence-corrected chi connectivity index (χ2v) is 8.00. The highest BCUT2D eigenvalue weighted by Crippen LogP contribution is 2.23. The zero-order valence-electron chi connectivity index (χ0n) is 19.0. The fraction of sp³-hybridized carbons (Fsp3) is 0.185. The number of hydrogen-bond acceptors (Lipinski definition) is 5. The Bertz CT molecular complexity index is 1310. The molecule has 0 saturated carbocycles. The molecule has 0 bridgehead atoms. The van der Waals surface area contributed by atoms with Crippen LogP contribution in [0.2, 0.25) is 0 Å². The number of aliphatic hydroxyl groups excluding tert-OH is 1. The fourth-order valence-electron chi connectivity index (χ4n) is 3.61. The van der Waals surface area contributed by atoms with Crippen LogP contribution in [-0.2, 0) is 6.54 Å². The number of nitrogens with zero attached hydrogens (tertiary/aromatic N) is 2. The van der Waals surface area contributed by atoms with Gasteiger partial charge in [-0.05, 0) is 74.5 Å². The lowest BCUT2D eigenvalue weighted by molar-refractivity contribution is 0.0915. The molecule has 0 radical (unpaired) electrons. The van der Waals surface area contributed by atoms with E-state index in [-0.39, 0.29) is 24.6 Å². The maximum atomic E-state index is 12.9. The minimum atomic E-state index is -0.881. The van der Waals surface area contributed by atoms with Crippen molar-refractivity contribution in [3.63, 3.8) is 0 Å². The van der Waals surface area contributed by atoms with Gasteiger partial charge in [-0.3, -0.25) is 13.9 Å². The van der Waals surface area contributed by atoms with Crippen molar-refractivity contribution in [2.75, 3.05) is 6.61 Å². The molecular formula is C27H26N2O5. The lowest BCUT2D eigenvalue weighted by Gasteiger charge is -2.13. The van der Waals surface area contributed by atoms with Gasteiger partial charge in [0.1, 0.15) is 30.0 Å². The van der Waals surface area contributed by atoms with Crippen LogP contribution in [0.4, 0.5) is 0 Å². The minimum Gasteiger partial charge on any atom is -0.491 e. The lowest BCUT2D eigenvalue weighted by Crippen LogP contribution is -2.30. The fourth-order valence-corrected chi connectivity index (χ4v) is 3.61. The molecule has 4 aromatic rings. The van der Waals surface area contributed by atoms with Crippen LogP contribution in [0.5, 0.6) is 17.2 Å². The van der Waals surface area contributed by atoms with Crippen LogP contribution < -0.4 is 15.2 Å². The summed E-state index contributed by atoms with van der Waals surface area (Å²) in [6.45, 7) is 3.44. The van der Waals surface area contributed by atoms with E-state index < -0.39 is 6.10 Å². The van der Waals surface area contributed by atoms with Crippen LogP contribution in [0.15, 0.2) is 89.9 Å². The van der Waals surface area contributed by atoms with E-state index in [1.165, 1.54) is 11.5 Å². The monoisotopic (exact) mass is 458 g/mol. The first-order valence-electron chi connectivity index (χ1n) is 10.9. The summed E-state index contributed by atoms with van der Waals surface area (Å²) in [6.07, 6.45) is 0.813. The topological polar surface area (TPSA) is 82.7 Å². The van der Waals surface area contributed by atoms with E-state index in [0.29, 0.717) is 22.7 Å². The van der Waals surface area contributed by atoms with E-state index in [9.17, 15) is 14.7 Å². The summed E-state index contributed by atoms with van der Waals surface area (Å²) < 4.78 is 14.4. The number of carbonyl (C=O) groups is 1. The number of hydrogen-bond donors (Lipinski definition) is 1. The number of aromatic nitrogens is 2. The third kappa shape index (κ3) is 5.44. The number of imidazole rings is 1. The van der Waals surface area contributed by atoms with E-state index in [1.807, 2.05) is 37.3 Å². The Labute approximate surface area is 197 Å². The molecule has 1 heterocycles. The standard InChI is InChI=1S/C27H26N2O5/c1-19-16-28(27(32)29(19)22-10-8-21(9-11-22)20(2)30)17-23(31)18-33-24-12-14-26(15-13-24)34-25-6-4-3-5-7-25/h3-16,23,31H,17-18H2,1-2H3. The van der Waals surface area contributed by atoms with Crippen molar-refractivity contribution < 1.29 is 19.4 Å². The van der Waals surface area contributed by atoms with Crippen molar-refractivity contribution in [2.24, 2.45) is 0 Å². The van der Waals surface area contributed by atoms with Crippen molar-refractivity contribution in [1.29, 1.82) is 0 Å². The normalized spacial score (nSPS) is 11.7. The first kappa shape index (κ1) is 23.1. The number of aryl methyl sites for hydroxylation is 1. The lowest BCUT2D eigenvalue weighted by atomic mass is 10.1. The predicted molar refractivity (Wildman–Crippen MR) is 129 cm³/mol. The van der Waals surface area contributed by atoms with Gasteiger partial charge in [0, 0.05) is 17.5 Å². The molecular weight excluding hydrogens is 432 g/mol. The van der Waals surface area contributed by atoms with Gasteiger partial charge < -0.3 is 14.6 Å². The molecule has 0 aliphatic rings. The average Bonchev–Trinajstić information content (AvgIpc) is 3.11. The van der Waals surface area contributed by atoms with Gasteiger partial charge in [0.05, 0.1) is 12.2 Å². The molecule has 7 nitrogen and oxygen atoms in total. The van der Waals surface area contributed by atoms with Crippen molar-refractivity contribution in [2.45, 2.75) is 26.5 Å². The highest BCUT2D eigenvalue weighted by molar-refractivity contribution is 5.94. The number of ketones is 1. The number of para-hydroxylation sites is 1. The molecule has 1 atom stereocenters.